The second-order valence-corrected chi connectivity index (χ2v) is 11.4. The monoisotopic (exact) mass is 540 g/mol. The summed E-state index contributed by atoms with van der Waals surface area (Å²) in [5, 5.41) is 0. The number of rotatable bonds is 3. The van der Waals surface area contributed by atoms with Crippen molar-refractivity contribution in [2.75, 3.05) is 0 Å². The number of aromatic nitrogens is 1. The lowest BCUT2D eigenvalue weighted by Crippen LogP contribution is -2.38. The number of halogens is 1. The molecule has 174 valence electrons. The van der Waals surface area contributed by atoms with Crippen molar-refractivity contribution >= 4 is 39.0 Å². The largest absolute Gasteiger partial charge is 0.272 e. The molecule has 1 unspecified atom stereocenters. The maximum absolute atomic E-state index is 13.8. The summed E-state index contributed by atoms with van der Waals surface area (Å²) in [6.07, 6.45) is 3.87. The molecule has 1 aromatic heterocycles. The summed E-state index contributed by atoms with van der Waals surface area (Å²) in [4.78, 5) is 19.7. The minimum atomic E-state index is -0.145. The summed E-state index contributed by atoms with van der Waals surface area (Å²) in [7, 11) is 0. The van der Waals surface area contributed by atoms with E-state index in [0.717, 1.165) is 43.5 Å². The van der Waals surface area contributed by atoms with Crippen LogP contribution in [-0.4, -0.2) is 4.57 Å². The molecule has 1 aliphatic heterocycles. The van der Waals surface area contributed by atoms with Crippen LogP contribution < -0.4 is 14.9 Å². The molecule has 6 rings (SSSR count). The number of nitrogens with zero attached hydrogens (tertiary/aromatic N) is 2. The van der Waals surface area contributed by atoms with Gasteiger partial charge in [0, 0.05) is 10.0 Å². The fraction of sp³-hybridized carbons (Fsp3) is 0.200. The average molecular weight is 542 g/mol. The minimum Gasteiger partial charge on any atom is -0.272 e. The van der Waals surface area contributed by atoms with Crippen molar-refractivity contribution in [3.63, 3.8) is 0 Å². The molecule has 0 bridgehead atoms. The summed E-state index contributed by atoms with van der Waals surface area (Å²) < 4.78 is 3.66. The highest BCUT2D eigenvalue weighted by Gasteiger charge is 2.32. The van der Waals surface area contributed by atoms with Crippen molar-refractivity contribution < 1.29 is 0 Å². The third-order valence-corrected chi connectivity index (χ3v) is 8.47. The van der Waals surface area contributed by atoms with Gasteiger partial charge in [0.15, 0.2) is 4.80 Å². The van der Waals surface area contributed by atoms with E-state index in [1.807, 2.05) is 10.6 Å². The molecule has 0 saturated carbocycles. The van der Waals surface area contributed by atoms with Crippen LogP contribution in [-0.2, 0) is 6.42 Å². The van der Waals surface area contributed by atoms with Crippen LogP contribution in [0.5, 0.6) is 0 Å². The molecule has 1 aliphatic carbocycles. The zero-order valence-electron chi connectivity index (χ0n) is 19.7. The molecule has 2 aliphatic rings. The lowest BCUT2D eigenvalue weighted by molar-refractivity contribution is 0.585. The molecule has 35 heavy (non-hydrogen) atoms. The Morgan fingerprint density at radius 3 is 2.49 bits per heavy atom. The zero-order valence-corrected chi connectivity index (χ0v) is 22.1. The summed E-state index contributed by atoms with van der Waals surface area (Å²) in [6.45, 7) is 4.38. The van der Waals surface area contributed by atoms with Crippen LogP contribution in [0.1, 0.15) is 60.0 Å². The van der Waals surface area contributed by atoms with Crippen molar-refractivity contribution in [1.82, 2.24) is 4.57 Å². The third-order valence-electron chi connectivity index (χ3n) is 6.96. The molecule has 1 atom stereocenters. The molecule has 0 fully saturated rings. The number of thiazole rings is 1. The SMILES string of the molecule is CC(C)c1ccc(C=c2sc3n(c2=O)C(c2ccc(Br)cc2)C2=C(N=3)c3ccccc3CC2)cc1. The second-order valence-electron chi connectivity index (χ2n) is 9.49. The normalized spacial score (nSPS) is 17.1. The summed E-state index contributed by atoms with van der Waals surface area (Å²) >= 11 is 5.04. The number of allylic oxidation sites excluding steroid dienone is 1. The van der Waals surface area contributed by atoms with Gasteiger partial charge in [-0.1, -0.05) is 102 Å². The topological polar surface area (TPSA) is 34.4 Å². The Labute approximate surface area is 216 Å². The molecule has 0 spiro atoms. The van der Waals surface area contributed by atoms with Crippen LogP contribution in [0, 0.1) is 0 Å². The fourth-order valence-corrected chi connectivity index (χ4v) is 6.36. The first-order valence-corrected chi connectivity index (χ1v) is 13.6. The third kappa shape index (κ3) is 3.97. The van der Waals surface area contributed by atoms with Gasteiger partial charge in [-0.15, -0.1) is 0 Å². The first-order chi connectivity index (χ1) is 17.0. The molecule has 0 radical (unpaired) electrons. The zero-order chi connectivity index (χ0) is 24.1. The Bertz CT molecular complexity index is 1640. The standard InChI is InChI=1S/C30H25BrN2OS/c1-18(2)20-9-7-19(8-10-20)17-26-29(34)33-28(22-11-14-23(31)15-12-22)25-16-13-21-5-3-4-6-24(21)27(25)32-30(33)35-26/h3-12,14-15,17-18,28H,13,16H2,1-2H3. The molecule has 3 aromatic carbocycles. The van der Waals surface area contributed by atoms with E-state index in [1.165, 1.54) is 33.6 Å². The van der Waals surface area contributed by atoms with E-state index in [0.29, 0.717) is 5.92 Å². The van der Waals surface area contributed by atoms with Crippen molar-refractivity contribution in [3.8, 4) is 0 Å². The van der Waals surface area contributed by atoms with Crippen LogP contribution in [0.15, 0.2) is 92.6 Å². The van der Waals surface area contributed by atoms with Gasteiger partial charge in [0.2, 0.25) is 0 Å². The highest BCUT2D eigenvalue weighted by Crippen LogP contribution is 2.41. The summed E-state index contributed by atoms with van der Waals surface area (Å²) in [5.41, 5.74) is 8.26. The molecule has 4 aromatic rings. The number of benzene rings is 3. The summed E-state index contributed by atoms with van der Waals surface area (Å²) in [5.74, 6) is 0.481. The van der Waals surface area contributed by atoms with Gasteiger partial charge in [0.1, 0.15) is 0 Å². The molecule has 5 heteroatoms. The highest BCUT2D eigenvalue weighted by molar-refractivity contribution is 9.10. The Balaban J connectivity index is 1.57. The quantitative estimate of drug-likeness (QED) is 0.304. The Morgan fingerprint density at radius 1 is 1.00 bits per heavy atom. The number of hydrogen-bond donors (Lipinski definition) is 0. The van der Waals surface area contributed by atoms with Gasteiger partial charge >= 0.3 is 0 Å². The van der Waals surface area contributed by atoms with Crippen LogP contribution in [0.2, 0.25) is 0 Å². The fourth-order valence-electron chi connectivity index (χ4n) is 5.10. The van der Waals surface area contributed by atoms with Crippen molar-refractivity contribution in [2.24, 2.45) is 4.99 Å². The predicted molar refractivity (Wildman–Crippen MR) is 147 cm³/mol. The van der Waals surface area contributed by atoms with E-state index >= 15 is 0 Å². The Morgan fingerprint density at radius 2 is 1.74 bits per heavy atom. The summed E-state index contributed by atoms with van der Waals surface area (Å²) in [6, 6.07) is 25.2. The molecular formula is C30H25BrN2OS. The molecular weight excluding hydrogens is 516 g/mol. The number of aryl methyl sites for hydroxylation is 1. The van der Waals surface area contributed by atoms with Gasteiger partial charge < -0.3 is 0 Å². The van der Waals surface area contributed by atoms with Gasteiger partial charge in [-0.2, -0.15) is 0 Å². The van der Waals surface area contributed by atoms with Gasteiger partial charge in [-0.05, 0) is 64.8 Å². The lowest BCUT2D eigenvalue weighted by atomic mass is 9.83. The van der Waals surface area contributed by atoms with Crippen LogP contribution >= 0.6 is 27.3 Å². The van der Waals surface area contributed by atoms with Crippen LogP contribution in [0.4, 0.5) is 0 Å². The van der Waals surface area contributed by atoms with Gasteiger partial charge in [-0.3, -0.25) is 9.36 Å². The van der Waals surface area contributed by atoms with Gasteiger partial charge in [0.25, 0.3) is 5.56 Å². The highest BCUT2D eigenvalue weighted by atomic mass is 79.9. The molecule has 3 nitrogen and oxygen atoms in total. The van der Waals surface area contributed by atoms with E-state index in [-0.39, 0.29) is 11.6 Å². The first-order valence-electron chi connectivity index (χ1n) is 12.0. The van der Waals surface area contributed by atoms with E-state index in [2.05, 4.69) is 103 Å². The lowest BCUT2D eigenvalue weighted by Gasteiger charge is -2.30. The van der Waals surface area contributed by atoms with Crippen LogP contribution in [0.25, 0.3) is 11.8 Å². The van der Waals surface area contributed by atoms with Crippen molar-refractivity contribution in [3.05, 3.63) is 130 Å². The van der Waals surface area contributed by atoms with E-state index in [1.54, 1.807) is 0 Å². The molecule has 0 amide bonds. The van der Waals surface area contributed by atoms with E-state index < -0.39 is 0 Å². The maximum Gasteiger partial charge on any atom is 0.271 e. The average Bonchev–Trinajstić information content (AvgIpc) is 3.18. The second kappa shape index (κ2) is 8.89. The number of hydrogen-bond acceptors (Lipinski definition) is 3. The van der Waals surface area contributed by atoms with Crippen molar-refractivity contribution in [2.45, 2.75) is 38.6 Å². The first kappa shape index (κ1) is 22.4. The van der Waals surface area contributed by atoms with Crippen molar-refractivity contribution in [1.29, 1.82) is 0 Å². The smallest absolute Gasteiger partial charge is 0.271 e. The Kier molecular flexibility index (Phi) is 5.70. The van der Waals surface area contributed by atoms with Gasteiger partial charge in [-0.25, -0.2) is 4.99 Å². The molecule has 0 N–H and O–H groups in total. The Hall–Kier alpha value is -3.02. The van der Waals surface area contributed by atoms with Gasteiger partial charge in [0.05, 0.1) is 16.3 Å². The minimum absolute atomic E-state index is 0.0278. The van der Waals surface area contributed by atoms with Crippen LogP contribution in [0.3, 0.4) is 0 Å². The predicted octanol–water partition coefficient (Wildman–Crippen LogP) is 6.20. The molecule has 2 heterocycles. The number of fused-ring (bicyclic) bond motifs is 3. The molecule has 0 saturated heterocycles. The maximum atomic E-state index is 13.8. The van der Waals surface area contributed by atoms with E-state index in [9.17, 15) is 4.79 Å². The van der Waals surface area contributed by atoms with E-state index in [4.69, 9.17) is 4.99 Å².